The van der Waals surface area contributed by atoms with Gasteiger partial charge in [-0.1, -0.05) is 31.0 Å². The molecule has 110 valence electrons. The van der Waals surface area contributed by atoms with Gasteiger partial charge in [0.1, 0.15) is 5.82 Å². The topological polar surface area (TPSA) is 49.8 Å². The minimum absolute atomic E-state index is 0.823. The predicted molar refractivity (Wildman–Crippen MR) is 84.3 cm³/mol. The molecule has 4 nitrogen and oxygen atoms in total. The van der Waals surface area contributed by atoms with Gasteiger partial charge in [0.15, 0.2) is 5.16 Å². The average molecular weight is 292 g/mol. The van der Waals surface area contributed by atoms with Crippen molar-refractivity contribution in [2.45, 2.75) is 50.2 Å². The lowest BCUT2D eigenvalue weighted by molar-refractivity contribution is 0.373. The second kappa shape index (κ2) is 6.76. The maximum atomic E-state index is 4.69. The summed E-state index contributed by atoms with van der Waals surface area (Å²) in [4.78, 5) is 9.35. The molecular formula is C15H24N4S. The first-order valence-electron chi connectivity index (χ1n) is 7.75. The zero-order valence-electron chi connectivity index (χ0n) is 12.2. The third-order valence-corrected chi connectivity index (χ3v) is 4.93. The van der Waals surface area contributed by atoms with E-state index < -0.39 is 0 Å². The van der Waals surface area contributed by atoms with Crippen LogP contribution in [0.3, 0.4) is 0 Å². The first-order valence-corrected chi connectivity index (χ1v) is 8.97. The third-order valence-electron chi connectivity index (χ3n) is 4.38. The molecule has 1 aromatic rings. The Bertz CT molecular complexity index is 457. The highest BCUT2D eigenvalue weighted by molar-refractivity contribution is 7.98. The molecular weight excluding hydrogens is 268 g/mol. The lowest BCUT2D eigenvalue weighted by atomic mass is 9.89. The molecule has 1 fully saturated rings. The minimum atomic E-state index is 0.823. The highest BCUT2D eigenvalue weighted by Crippen LogP contribution is 2.26. The summed E-state index contributed by atoms with van der Waals surface area (Å²) in [5.41, 5.74) is 2.51. The number of anilines is 1. The van der Waals surface area contributed by atoms with Crippen molar-refractivity contribution in [1.29, 1.82) is 0 Å². The van der Waals surface area contributed by atoms with E-state index in [0.29, 0.717) is 0 Å². The molecule has 2 heterocycles. The van der Waals surface area contributed by atoms with E-state index in [4.69, 9.17) is 0 Å². The van der Waals surface area contributed by atoms with Crippen LogP contribution in [0.15, 0.2) is 5.16 Å². The Morgan fingerprint density at radius 1 is 1.25 bits per heavy atom. The third kappa shape index (κ3) is 3.26. The Labute approximate surface area is 125 Å². The van der Waals surface area contributed by atoms with Crippen LogP contribution in [-0.2, 0) is 13.0 Å². The molecule has 1 aromatic heterocycles. The summed E-state index contributed by atoms with van der Waals surface area (Å²) in [7, 11) is 0. The zero-order valence-corrected chi connectivity index (χ0v) is 13.1. The van der Waals surface area contributed by atoms with E-state index >= 15 is 0 Å². The predicted octanol–water partition coefficient (Wildman–Crippen LogP) is 2.84. The molecule has 0 unspecified atom stereocenters. The standard InChI is InChI=1S/C15H24N4S/c1-20-15-18-13-7-8-16-10-12(13)14(19-15)17-9-11-5-3-2-4-6-11/h11,16H,2-10H2,1H3,(H,17,18,19). The molecule has 0 radical (unpaired) electrons. The molecule has 2 aliphatic rings. The van der Waals surface area contributed by atoms with Crippen molar-refractivity contribution in [1.82, 2.24) is 15.3 Å². The maximum absolute atomic E-state index is 4.69. The second-order valence-electron chi connectivity index (χ2n) is 5.80. The Hall–Kier alpha value is -0.810. The van der Waals surface area contributed by atoms with Crippen LogP contribution in [0.1, 0.15) is 43.4 Å². The van der Waals surface area contributed by atoms with Crippen molar-refractivity contribution in [3.63, 3.8) is 0 Å². The number of thioether (sulfide) groups is 1. The highest BCUT2D eigenvalue weighted by atomic mass is 32.2. The van der Waals surface area contributed by atoms with Gasteiger partial charge in [-0.05, 0) is 25.0 Å². The van der Waals surface area contributed by atoms with Crippen LogP contribution in [0.5, 0.6) is 0 Å². The molecule has 3 rings (SSSR count). The fourth-order valence-electron chi connectivity index (χ4n) is 3.19. The Kier molecular flexibility index (Phi) is 4.78. The van der Waals surface area contributed by atoms with Gasteiger partial charge in [0.2, 0.25) is 0 Å². The van der Waals surface area contributed by atoms with Gasteiger partial charge in [0, 0.05) is 31.6 Å². The van der Waals surface area contributed by atoms with Crippen molar-refractivity contribution in [3.05, 3.63) is 11.3 Å². The van der Waals surface area contributed by atoms with Crippen molar-refractivity contribution >= 4 is 17.6 Å². The summed E-state index contributed by atoms with van der Waals surface area (Å²) in [6.07, 6.45) is 10.0. The Morgan fingerprint density at radius 2 is 2.10 bits per heavy atom. The minimum Gasteiger partial charge on any atom is -0.369 e. The van der Waals surface area contributed by atoms with Gasteiger partial charge in [-0.15, -0.1) is 0 Å². The monoisotopic (exact) mass is 292 g/mol. The molecule has 1 aliphatic carbocycles. The Balaban J connectivity index is 1.73. The smallest absolute Gasteiger partial charge is 0.189 e. The molecule has 2 N–H and O–H groups in total. The van der Waals surface area contributed by atoms with Gasteiger partial charge in [-0.3, -0.25) is 0 Å². The molecule has 0 spiro atoms. The van der Waals surface area contributed by atoms with E-state index in [1.54, 1.807) is 11.8 Å². The maximum Gasteiger partial charge on any atom is 0.189 e. The number of aromatic nitrogens is 2. The van der Waals surface area contributed by atoms with Crippen LogP contribution in [0.25, 0.3) is 0 Å². The first kappa shape index (κ1) is 14.1. The van der Waals surface area contributed by atoms with Gasteiger partial charge in [0.25, 0.3) is 0 Å². The summed E-state index contributed by atoms with van der Waals surface area (Å²) < 4.78 is 0. The summed E-state index contributed by atoms with van der Waals surface area (Å²) in [6, 6.07) is 0. The molecule has 0 saturated heterocycles. The summed E-state index contributed by atoms with van der Waals surface area (Å²) in [5.74, 6) is 1.89. The molecule has 0 atom stereocenters. The SMILES string of the molecule is CSc1nc2c(c(NCC3CCCCC3)n1)CNCC2. The molecule has 20 heavy (non-hydrogen) atoms. The van der Waals surface area contributed by atoms with Gasteiger partial charge < -0.3 is 10.6 Å². The average Bonchev–Trinajstić information content (AvgIpc) is 2.53. The van der Waals surface area contributed by atoms with E-state index in [1.807, 2.05) is 6.26 Å². The first-order chi connectivity index (χ1) is 9.86. The van der Waals surface area contributed by atoms with Crippen LogP contribution in [0.4, 0.5) is 5.82 Å². The lowest BCUT2D eigenvalue weighted by Gasteiger charge is -2.24. The zero-order chi connectivity index (χ0) is 13.8. The highest BCUT2D eigenvalue weighted by Gasteiger charge is 2.19. The van der Waals surface area contributed by atoms with Crippen LogP contribution in [0, 0.1) is 5.92 Å². The van der Waals surface area contributed by atoms with Gasteiger partial charge in [0.05, 0.1) is 5.69 Å². The fourth-order valence-corrected chi connectivity index (χ4v) is 3.57. The molecule has 1 aliphatic heterocycles. The number of nitrogens with one attached hydrogen (secondary N) is 2. The van der Waals surface area contributed by atoms with Gasteiger partial charge >= 0.3 is 0 Å². The number of rotatable bonds is 4. The van der Waals surface area contributed by atoms with Crippen molar-refractivity contribution < 1.29 is 0 Å². The quantitative estimate of drug-likeness (QED) is 0.660. The lowest BCUT2D eigenvalue weighted by Crippen LogP contribution is -2.27. The van der Waals surface area contributed by atoms with Crippen molar-refractivity contribution in [3.8, 4) is 0 Å². The number of hydrogen-bond acceptors (Lipinski definition) is 5. The van der Waals surface area contributed by atoms with E-state index in [9.17, 15) is 0 Å². The molecule has 1 saturated carbocycles. The summed E-state index contributed by atoms with van der Waals surface area (Å²) in [6.45, 7) is 2.99. The van der Waals surface area contributed by atoms with Gasteiger partial charge in [-0.2, -0.15) is 0 Å². The number of hydrogen-bond donors (Lipinski definition) is 2. The second-order valence-corrected chi connectivity index (χ2v) is 6.57. The summed E-state index contributed by atoms with van der Waals surface area (Å²) >= 11 is 1.63. The fraction of sp³-hybridized carbons (Fsp3) is 0.733. The van der Waals surface area contributed by atoms with Crippen LogP contribution in [-0.4, -0.2) is 29.3 Å². The van der Waals surface area contributed by atoms with Crippen LogP contribution >= 0.6 is 11.8 Å². The van der Waals surface area contributed by atoms with E-state index in [1.165, 1.54) is 43.4 Å². The van der Waals surface area contributed by atoms with Crippen LogP contribution in [0.2, 0.25) is 0 Å². The van der Waals surface area contributed by atoms with Crippen LogP contribution < -0.4 is 10.6 Å². The van der Waals surface area contributed by atoms with Crippen molar-refractivity contribution in [2.75, 3.05) is 24.7 Å². The number of fused-ring (bicyclic) bond motifs is 1. The normalized spacial score (nSPS) is 19.6. The molecule has 0 bridgehead atoms. The van der Waals surface area contributed by atoms with E-state index in [-0.39, 0.29) is 0 Å². The number of nitrogens with zero attached hydrogens (tertiary/aromatic N) is 2. The summed E-state index contributed by atoms with van der Waals surface area (Å²) in [5, 5.41) is 7.94. The van der Waals surface area contributed by atoms with Crippen molar-refractivity contribution in [2.24, 2.45) is 5.92 Å². The largest absolute Gasteiger partial charge is 0.369 e. The van der Waals surface area contributed by atoms with E-state index in [0.717, 1.165) is 42.9 Å². The Morgan fingerprint density at radius 3 is 2.90 bits per heavy atom. The molecule has 0 aromatic carbocycles. The molecule has 5 heteroatoms. The molecule has 0 amide bonds. The van der Waals surface area contributed by atoms with E-state index in [2.05, 4.69) is 20.6 Å². The van der Waals surface area contributed by atoms with Gasteiger partial charge in [-0.25, -0.2) is 9.97 Å².